The van der Waals surface area contributed by atoms with Crippen molar-refractivity contribution in [2.24, 2.45) is 0 Å². The van der Waals surface area contributed by atoms with Gasteiger partial charge < -0.3 is 10.2 Å². The van der Waals surface area contributed by atoms with Gasteiger partial charge in [0, 0.05) is 19.5 Å². The molecule has 0 spiro atoms. The van der Waals surface area contributed by atoms with Crippen LogP contribution in [-0.4, -0.2) is 50.5 Å². The molecule has 0 saturated heterocycles. The summed E-state index contributed by atoms with van der Waals surface area (Å²) in [5.74, 6) is -0.744. The summed E-state index contributed by atoms with van der Waals surface area (Å²) in [5, 5.41) is 2.87. The fourth-order valence-corrected chi connectivity index (χ4v) is 5.44. The lowest BCUT2D eigenvalue weighted by atomic mass is 9.87. The average molecular weight is 564 g/mol. The van der Waals surface area contributed by atoms with Crippen molar-refractivity contribution in [3.63, 3.8) is 0 Å². The van der Waals surface area contributed by atoms with Gasteiger partial charge in [-0.3, -0.25) is 13.9 Å². The van der Waals surface area contributed by atoms with Crippen LogP contribution < -0.4 is 9.62 Å². The van der Waals surface area contributed by atoms with Gasteiger partial charge in [0.15, 0.2) is 0 Å². The van der Waals surface area contributed by atoms with Crippen LogP contribution in [-0.2, 0) is 38.0 Å². The van der Waals surface area contributed by atoms with Crippen molar-refractivity contribution in [2.45, 2.75) is 59.0 Å². The standard InChI is InChI=1S/C32H41N3O4S/c1-7-33-31(37)29(21-25-13-9-8-10-14-25)34(22-26-15-11-12-24(2)20-26)30(36)23-35(40(6,38)39)28-18-16-27(17-19-28)32(3,4)5/h8-20,29H,7,21-23H2,1-6H3,(H,33,37). The number of aryl methyl sites for hydroxylation is 1. The molecule has 3 aromatic rings. The van der Waals surface area contributed by atoms with Gasteiger partial charge >= 0.3 is 0 Å². The maximum Gasteiger partial charge on any atom is 0.244 e. The zero-order chi connectivity index (χ0) is 29.5. The molecule has 3 rings (SSSR count). The molecular weight excluding hydrogens is 522 g/mol. The summed E-state index contributed by atoms with van der Waals surface area (Å²) in [5.41, 5.74) is 4.13. The minimum Gasteiger partial charge on any atom is -0.355 e. The SMILES string of the molecule is CCNC(=O)C(Cc1ccccc1)N(Cc1cccc(C)c1)C(=O)CN(c1ccc(C(C)(C)C)cc1)S(C)(=O)=O. The Bertz CT molecular complexity index is 1400. The fraction of sp³-hybridized carbons (Fsp3) is 0.375. The van der Waals surface area contributed by atoms with E-state index in [9.17, 15) is 18.0 Å². The molecule has 214 valence electrons. The number of sulfonamides is 1. The van der Waals surface area contributed by atoms with Gasteiger partial charge in [-0.15, -0.1) is 0 Å². The van der Waals surface area contributed by atoms with Gasteiger partial charge in [0.05, 0.1) is 11.9 Å². The number of carbonyl (C=O) groups excluding carboxylic acids is 2. The Hall–Kier alpha value is -3.65. The summed E-state index contributed by atoms with van der Waals surface area (Å²) in [7, 11) is -3.80. The van der Waals surface area contributed by atoms with E-state index in [2.05, 4.69) is 26.1 Å². The van der Waals surface area contributed by atoms with E-state index in [1.807, 2.05) is 80.6 Å². The predicted molar refractivity (Wildman–Crippen MR) is 162 cm³/mol. The van der Waals surface area contributed by atoms with Gasteiger partial charge in [-0.1, -0.05) is 93.1 Å². The van der Waals surface area contributed by atoms with Crippen molar-refractivity contribution >= 4 is 27.5 Å². The fourth-order valence-electron chi connectivity index (χ4n) is 4.59. The molecule has 1 unspecified atom stereocenters. The van der Waals surface area contributed by atoms with Crippen LogP contribution in [0.25, 0.3) is 0 Å². The number of hydrogen-bond donors (Lipinski definition) is 1. The molecule has 0 heterocycles. The molecule has 8 heteroatoms. The van der Waals surface area contributed by atoms with Gasteiger partial charge in [0.25, 0.3) is 0 Å². The monoisotopic (exact) mass is 563 g/mol. The normalized spacial score (nSPS) is 12.4. The summed E-state index contributed by atoms with van der Waals surface area (Å²) >= 11 is 0. The number of anilines is 1. The van der Waals surface area contributed by atoms with Crippen LogP contribution in [0.1, 0.15) is 49.9 Å². The molecule has 0 aliphatic carbocycles. The highest BCUT2D eigenvalue weighted by molar-refractivity contribution is 7.92. The largest absolute Gasteiger partial charge is 0.355 e. The van der Waals surface area contributed by atoms with E-state index in [1.54, 1.807) is 12.1 Å². The van der Waals surface area contributed by atoms with Crippen molar-refractivity contribution < 1.29 is 18.0 Å². The van der Waals surface area contributed by atoms with Crippen LogP contribution in [0, 0.1) is 6.92 Å². The Morgan fingerprint density at radius 1 is 0.900 bits per heavy atom. The third-order valence-electron chi connectivity index (χ3n) is 6.76. The molecule has 0 saturated carbocycles. The molecule has 0 radical (unpaired) electrons. The number of likely N-dealkylation sites (N-methyl/N-ethyl adjacent to an activating group) is 1. The molecule has 1 N–H and O–H groups in total. The van der Waals surface area contributed by atoms with E-state index >= 15 is 0 Å². The van der Waals surface area contributed by atoms with Crippen LogP contribution in [0.4, 0.5) is 5.69 Å². The van der Waals surface area contributed by atoms with Crippen molar-refractivity contribution in [1.82, 2.24) is 10.2 Å². The maximum absolute atomic E-state index is 14.1. The molecule has 0 bridgehead atoms. The van der Waals surface area contributed by atoms with Crippen LogP contribution >= 0.6 is 0 Å². The Balaban J connectivity index is 2.03. The smallest absolute Gasteiger partial charge is 0.244 e. The minimum atomic E-state index is -3.80. The van der Waals surface area contributed by atoms with E-state index in [1.165, 1.54) is 4.90 Å². The lowest BCUT2D eigenvalue weighted by Gasteiger charge is -2.33. The van der Waals surface area contributed by atoms with E-state index in [0.717, 1.165) is 32.8 Å². The van der Waals surface area contributed by atoms with E-state index < -0.39 is 28.5 Å². The van der Waals surface area contributed by atoms with Gasteiger partial charge in [0.2, 0.25) is 21.8 Å². The highest BCUT2D eigenvalue weighted by Gasteiger charge is 2.33. The van der Waals surface area contributed by atoms with Crippen molar-refractivity contribution in [3.8, 4) is 0 Å². The first-order valence-corrected chi connectivity index (χ1v) is 15.4. The van der Waals surface area contributed by atoms with E-state index in [0.29, 0.717) is 18.7 Å². The third kappa shape index (κ3) is 8.42. The summed E-state index contributed by atoms with van der Waals surface area (Å²) < 4.78 is 27.0. The van der Waals surface area contributed by atoms with E-state index in [-0.39, 0.29) is 17.9 Å². The van der Waals surface area contributed by atoms with Crippen LogP contribution in [0.5, 0.6) is 0 Å². The van der Waals surface area contributed by atoms with Gasteiger partial charge in [-0.25, -0.2) is 8.42 Å². The summed E-state index contributed by atoms with van der Waals surface area (Å²) in [6.45, 7) is 10.2. The first-order valence-electron chi connectivity index (χ1n) is 13.5. The van der Waals surface area contributed by atoms with E-state index in [4.69, 9.17) is 0 Å². The number of benzene rings is 3. The number of carbonyl (C=O) groups is 2. The highest BCUT2D eigenvalue weighted by atomic mass is 32.2. The van der Waals surface area contributed by atoms with Gasteiger partial charge in [-0.2, -0.15) is 0 Å². The van der Waals surface area contributed by atoms with Crippen LogP contribution in [0.15, 0.2) is 78.9 Å². The quantitative estimate of drug-likeness (QED) is 0.362. The predicted octanol–water partition coefficient (Wildman–Crippen LogP) is 4.83. The molecule has 7 nitrogen and oxygen atoms in total. The maximum atomic E-state index is 14.1. The summed E-state index contributed by atoms with van der Waals surface area (Å²) in [6, 6.07) is 23.7. The molecule has 0 aliphatic heterocycles. The molecule has 0 aliphatic rings. The zero-order valence-electron chi connectivity index (χ0n) is 24.3. The second kappa shape index (κ2) is 13.1. The number of nitrogens with one attached hydrogen (secondary N) is 1. The first-order chi connectivity index (χ1) is 18.8. The Labute approximate surface area is 239 Å². The van der Waals surface area contributed by atoms with Crippen molar-refractivity contribution in [1.29, 1.82) is 0 Å². The summed E-state index contributed by atoms with van der Waals surface area (Å²) in [4.78, 5) is 29.0. The zero-order valence-corrected chi connectivity index (χ0v) is 25.2. The van der Waals surface area contributed by atoms with Crippen molar-refractivity contribution in [3.05, 3.63) is 101 Å². The lowest BCUT2D eigenvalue weighted by molar-refractivity contribution is -0.140. The molecule has 0 fully saturated rings. The Morgan fingerprint density at radius 2 is 1.52 bits per heavy atom. The van der Waals surface area contributed by atoms with Gasteiger partial charge in [-0.05, 0) is 48.1 Å². The number of hydrogen-bond acceptors (Lipinski definition) is 4. The third-order valence-corrected chi connectivity index (χ3v) is 7.90. The minimum absolute atomic E-state index is 0.105. The Morgan fingerprint density at radius 3 is 2.08 bits per heavy atom. The second-order valence-electron chi connectivity index (χ2n) is 11.2. The Kier molecular flexibility index (Phi) is 10.1. The van der Waals surface area contributed by atoms with Crippen molar-refractivity contribution in [2.75, 3.05) is 23.7 Å². The number of rotatable bonds is 11. The molecule has 2 amide bonds. The topological polar surface area (TPSA) is 86.8 Å². The molecule has 40 heavy (non-hydrogen) atoms. The number of amides is 2. The molecule has 0 aromatic heterocycles. The highest BCUT2D eigenvalue weighted by Crippen LogP contribution is 2.26. The van der Waals surface area contributed by atoms with Gasteiger partial charge in [0.1, 0.15) is 12.6 Å². The first kappa shape index (κ1) is 30.9. The molecule has 1 atom stereocenters. The number of nitrogens with zero attached hydrogens (tertiary/aromatic N) is 2. The molecule has 3 aromatic carbocycles. The average Bonchev–Trinajstić information content (AvgIpc) is 2.89. The van der Waals surface area contributed by atoms with Crippen LogP contribution in [0.2, 0.25) is 0 Å². The second-order valence-corrected chi connectivity index (χ2v) is 13.1. The van der Waals surface area contributed by atoms with Crippen LogP contribution in [0.3, 0.4) is 0 Å². The molecular formula is C32H41N3O4S. The summed E-state index contributed by atoms with van der Waals surface area (Å²) in [6.07, 6.45) is 1.39. The lowest BCUT2D eigenvalue weighted by Crippen LogP contribution is -2.53.